The van der Waals surface area contributed by atoms with Crippen LogP contribution >= 0.6 is 0 Å². The molecule has 1 aromatic rings. The van der Waals surface area contributed by atoms with Crippen molar-refractivity contribution in [3.8, 4) is 11.8 Å². The lowest BCUT2D eigenvalue weighted by Crippen LogP contribution is -2.41. The Kier molecular flexibility index (Phi) is 6.87. The Bertz CT molecular complexity index is 1090. The molecule has 2 bridgehead atoms. The predicted molar refractivity (Wildman–Crippen MR) is 114 cm³/mol. The van der Waals surface area contributed by atoms with Crippen LogP contribution in [0.4, 0.5) is 9.59 Å². The summed E-state index contributed by atoms with van der Waals surface area (Å²) in [6.07, 6.45) is -2.33. The molecule has 0 atom stereocenters. The summed E-state index contributed by atoms with van der Waals surface area (Å²) >= 11 is 0. The minimum absolute atomic E-state index is 0.417. The highest BCUT2D eigenvalue weighted by molar-refractivity contribution is 7.90. The van der Waals surface area contributed by atoms with Gasteiger partial charge in [-0.25, -0.2) is 26.4 Å². The maximum atomic E-state index is 13.1. The second kappa shape index (κ2) is 8.63. The van der Waals surface area contributed by atoms with Crippen LogP contribution in [0.1, 0.15) is 41.5 Å². The van der Waals surface area contributed by atoms with Gasteiger partial charge in [0.2, 0.25) is 0 Å². The van der Waals surface area contributed by atoms with Crippen LogP contribution in [-0.4, -0.2) is 61.9 Å². The fraction of sp³-hybridized carbons (Fsp3) is 0.500. The van der Waals surface area contributed by atoms with Crippen molar-refractivity contribution in [2.45, 2.75) is 62.5 Å². The molecule has 0 unspecified atom stereocenters. The number of hydrogen-bond acceptors (Lipinski definition) is 8. The molecule has 0 saturated heterocycles. The molecule has 0 fully saturated rings. The Morgan fingerprint density at radius 3 is 1.44 bits per heavy atom. The van der Waals surface area contributed by atoms with Crippen molar-refractivity contribution in [2.24, 2.45) is 0 Å². The third kappa shape index (κ3) is 5.92. The maximum absolute atomic E-state index is 13.1. The van der Waals surface area contributed by atoms with Gasteiger partial charge in [0.05, 0.1) is 9.79 Å². The number of nitrogens with zero attached hydrogens (tertiary/aromatic N) is 2. The standard InChI is InChI=1S/C20H26N2O8S2/c1-19(2,3)29-17(23)21-12-7-8-13-22(18(24)30-20(4,5)6)32(27,28)16-11-9-10-15(14-16)31(21,25)26/h9-11,14H,12-13H2,1-6H3. The van der Waals surface area contributed by atoms with E-state index in [-0.39, 0.29) is 0 Å². The molecule has 2 amide bonds. The van der Waals surface area contributed by atoms with E-state index in [1.807, 2.05) is 0 Å². The van der Waals surface area contributed by atoms with Crippen molar-refractivity contribution in [1.82, 2.24) is 8.61 Å². The van der Waals surface area contributed by atoms with Crippen LogP contribution in [-0.2, 0) is 29.5 Å². The zero-order chi connectivity index (χ0) is 24.5. The van der Waals surface area contributed by atoms with Gasteiger partial charge >= 0.3 is 12.2 Å². The smallest absolute Gasteiger partial charge is 0.425 e. The van der Waals surface area contributed by atoms with Gasteiger partial charge in [-0.3, -0.25) is 0 Å². The number of fused-ring (bicyclic) bond motifs is 2. The molecule has 12 heteroatoms. The van der Waals surface area contributed by atoms with E-state index in [0.717, 1.165) is 18.2 Å². The first kappa shape index (κ1) is 25.5. The van der Waals surface area contributed by atoms with Gasteiger partial charge < -0.3 is 9.47 Å². The van der Waals surface area contributed by atoms with Gasteiger partial charge in [-0.15, -0.1) is 0 Å². The van der Waals surface area contributed by atoms with E-state index in [9.17, 15) is 26.4 Å². The number of sulfonamides is 2. The van der Waals surface area contributed by atoms with E-state index in [0.29, 0.717) is 8.61 Å². The summed E-state index contributed by atoms with van der Waals surface area (Å²) in [5.74, 6) is 4.86. The molecule has 32 heavy (non-hydrogen) atoms. The van der Waals surface area contributed by atoms with Crippen molar-refractivity contribution < 1.29 is 35.9 Å². The van der Waals surface area contributed by atoms with E-state index >= 15 is 0 Å². The molecule has 176 valence electrons. The van der Waals surface area contributed by atoms with Crippen molar-refractivity contribution >= 4 is 32.2 Å². The van der Waals surface area contributed by atoms with Crippen LogP contribution in [0.2, 0.25) is 0 Å². The Hall–Kier alpha value is -2.78. The average Bonchev–Trinajstić information content (AvgIpc) is 2.61. The van der Waals surface area contributed by atoms with Crippen molar-refractivity contribution in [2.75, 3.05) is 13.1 Å². The molecule has 0 radical (unpaired) electrons. The minimum Gasteiger partial charge on any atom is -0.443 e. The molecule has 1 aromatic carbocycles. The second-order valence-corrected chi connectivity index (χ2v) is 12.5. The molecule has 1 aliphatic rings. The monoisotopic (exact) mass is 486 g/mol. The number of carbonyl (C=O) groups is 2. The topological polar surface area (TPSA) is 127 Å². The molecule has 2 rings (SSSR count). The van der Waals surface area contributed by atoms with E-state index in [2.05, 4.69) is 11.8 Å². The highest BCUT2D eigenvalue weighted by atomic mass is 32.2. The Morgan fingerprint density at radius 1 is 0.781 bits per heavy atom. The van der Waals surface area contributed by atoms with Gasteiger partial charge in [0.25, 0.3) is 20.0 Å². The summed E-state index contributed by atoms with van der Waals surface area (Å²) in [5.41, 5.74) is -1.96. The van der Waals surface area contributed by atoms with E-state index < -0.39 is 66.3 Å². The van der Waals surface area contributed by atoms with Crippen LogP contribution in [0, 0.1) is 11.8 Å². The Morgan fingerprint density at radius 2 is 1.12 bits per heavy atom. The summed E-state index contributed by atoms with van der Waals surface area (Å²) in [5, 5.41) is 0. The first-order chi connectivity index (χ1) is 14.4. The fourth-order valence-electron chi connectivity index (χ4n) is 2.43. The molecule has 0 spiro atoms. The van der Waals surface area contributed by atoms with Crippen LogP contribution in [0.5, 0.6) is 0 Å². The summed E-state index contributed by atoms with van der Waals surface area (Å²) in [7, 11) is -9.02. The lowest BCUT2D eigenvalue weighted by atomic mass is 10.2. The first-order valence-corrected chi connectivity index (χ1v) is 12.4. The summed E-state index contributed by atoms with van der Waals surface area (Å²) in [6, 6.07) is 4.33. The minimum atomic E-state index is -4.51. The third-order valence-electron chi connectivity index (χ3n) is 3.75. The second-order valence-electron chi connectivity index (χ2n) is 8.81. The average molecular weight is 487 g/mol. The zero-order valence-corrected chi connectivity index (χ0v) is 20.3. The summed E-state index contributed by atoms with van der Waals surface area (Å²) < 4.78 is 63.7. The van der Waals surface area contributed by atoms with Gasteiger partial charge in [-0.1, -0.05) is 17.9 Å². The van der Waals surface area contributed by atoms with Crippen LogP contribution in [0.3, 0.4) is 0 Å². The van der Waals surface area contributed by atoms with Crippen LogP contribution in [0.25, 0.3) is 0 Å². The molecule has 0 aliphatic carbocycles. The maximum Gasteiger partial charge on any atom is 0.425 e. The largest absolute Gasteiger partial charge is 0.443 e. The molecule has 1 heterocycles. The van der Waals surface area contributed by atoms with Crippen LogP contribution in [0.15, 0.2) is 34.1 Å². The molecular formula is C20H26N2O8S2. The molecule has 0 aromatic heterocycles. The van der Waals surface area contributed by atoms with Crippen LogP contribution < -0.4 is 0 Å². The lowest BCUT2D eigenvalue weighted by Gasteiger charge is -2.26. The number of ether oxygens (including phenoxy) is 2. The van der Waals surface area contributed by atoms with Gasteiger partial charge in [-0.2, -0.15) is 8.61 Å². The summed E-state index contributed by atoms with van der Waals surface area (Å²) in [4.78, 5) is 24.2. The number of rotatable bonds is 0. The highest BCUT2D eigenvalue weighted by Gasteiger charge is 2.36. The third-order valence-corrected chi connectivity index (χ3v) is 7.16. The van der Waals surface area contributed by atoms with Crippen molar-refractivity contribution in [3.63, 3.8) is 0 Å². The molecule has 0 saturated carbocycles. The summed E-state index contributed by atoms with van der Waals surface area (Å²) in [6.45, 7) is 8.21. The number of benzene rings is 1. The Labute approximate surface area is 188 Å². The first-order valence-electron chi connectivity index (χ1n) is 9.52. The van der Waals surface area contributed by atoms with Crippen molar-refractivity contribution in [3.05, 3.63) is 24.3 Å². The lowest BCUT2D eigenvalue weighted by molar-refractivity contribution is 0.0391. The van der Waals surface area contributed by atoms with Gasteiger partial charge in [0, 0.05) is 0 Å². The van der Waals surface area contributed by atoms with E-state index in [1.54, 1.807) is 41.5 Å². The van der Waals surface area contributed by atoms with Gasteiger partial charge in [0.15, 0.2) is 0 Å². The quantitative estimate of drug-likeness (QED) is 0.512. The SMILES string of the molecule is CC(C)(C)OC(=O)N1CC#CCN(C(=O)OC(C)(C)C)S(=O)(=O)c2cccc(c2)S1(=O)=O. The number of amides is 2. The number of hydrogen-bond donors (Lipinski definition) is 0. The molecule has 1 aliphatic heterocycles. The normalized spacial score (nSPS) is 17.9. The molecule has 0 N–H and O–H groups in total. The Balaban J connectivity index is 2.65. The predicted octanol–water partition coefficient (Wildman–Crippen LogP) is 2.56. The van der Waals surface area contributed by atoms with Gasteiger partial charge in [-0.05, 0) is 59.7 Å². The van der Waals surface area contributed by atoms with Crippen molar-refractivity contribution in [1.29, 1.82) is 0 Å². The van der Waals surface area contributed by atoms with E-state index in [1.165, 1.54) is 6.07 Å². The van der Waals surface area contributed by atoms with E-state index in [4.69, 9.17) is 9.47 Å². The molecular weight excluding hydrogens is 460 g/mol. The molecule has 10 nitrogen and oxygen atoms in total. The highest BCUT2D eigenvalue weighted by Crippen LogP contribution is 2.25. The van der Waals surface area contributed by atoms with Gasteiger partial charge in [0.1, 0.15) is 24.3 Å². The zero-order valence-electron chi connectivity index (χ0n) is 18.7. The number of carbonyl (C=O) groups excluding carboxylic acids is 2. The fourth-order valence-corrected chi connectivity index (χ4v) is 5.00.